The van der Waals surface area contributed by atoms with Crippen molar-refractivity contribution in [3.63, 3.8) is 0 Å². The number of amides is 2. The van der Waals surface area contributed by atoms with E-state index in [0.29, 0.717) is 17.2 Å². The zero-order chi connectivity index (χ0) is 22.5. The van der Waals surface area contributed by atoms with Crippen LogP contribution in [0.25, 0.3) is 0 Å². The van der Waals surface area contributed by atoms with Crippen molar-refractivity contribution in [1.82, 2.24) is 5.32 Å². The van der Waals surface area contributed by atoms with Crippen LogP contribution < -0.4 is 15.5 Å². The van der Waals surface area contributed by atoms with E-state index in [1.54, 1.807) is 36.4 Å². The van der Waals surface area contributed by atoms with E-state index in [0.717, 1.165) is 37.2 Å². The second-order valence-corrected chi connectivity index (χ2v) is 8.14. The van der Waals surface area contributed by atoms with Crippen molar-refractivity contribution in [2.24, 2.45) is 5.92 Å². The first-order chi connectivity index (χ1) is 15.5. The SMILES string of the molecule is CC1CCN(c2ccc(NC(=O)c3ccco3)cc2C(=O)NCc2ccc(F)cc2)CC1. The van der Waals surface area contributed by atoms with Crippen LogP contribution in [0.2, 0.25) is 0 Å². The molecule has 2 aromatic carbocycles. The maximum absolute atomic E-state index is 13.2. The normalized spacial score (nSPS) is 14.2. The first kappa shape index (κ1) is 21.6. The summed E-state index contributed by atoms with van der Waals surface area (Å²) >= 11 is 0. The molecule has 1 aliphatic heterocycles. The third kappa shape index (κ3) is 5.17. The summed E-state index contributed by atoms with van der Waals surface area (Å²) in [6.07, 6.45) is 3.56. The Balaban J connectivity index is 1.55. The van der Waals surface area contributed by atoms with Crippen LogP contribution in [0.15, 0.2) is 65.3 Å². The van der Waals surface area contributed by atoms with E-state index >= 15 is 0 Å². The van der Waals surface area contributed by atoms with Gasteiger partial charge in [0.05, 0.1) is 11.8 Å². The Hall–Kier alpha value is -3.61. The number of nitrogens with zero attached hydrogens (tertiary/aromatic N) is 1. The molecular weight excluding hydrogens is 409 g/mol. The minimum absolute atomic E-state index is 0.196. The molecule has 2 heterocycles. The molecule has 0 atom stereocenters. The van der Waals surface area contributed by atoms with Crippen LogP contribution in [0.1, 0.15) is 46.2 Å². The van der Waals surface area contributed by atoms with Gasteiger partial charge in [0, 0.05) is 31.0 Å². The molecule has 1 aliphatic rings. The Morgan fingerprint density at radius 3 is 2.50 bits per heavy atom. The smallest absolute Gasteiger partial charge is 0.291 e. The Morgan fingerprint density at radius 2 is 1.81 bits per heavy atom. The van der Waals surface area contributed by atoms with E-state index in [4.69, 9.17) is 4.42 Å². The van der Waals surface area contributed by atoms with Crippen molar-refractivity contribution < 1.29 is 18.4 Å². The van der Waals surface area contributed by atoms with Crippen molar-refractivity contribution in [2.75, 3.05) is 23.3 Å². The van der Waals surface area contributed by atoms with Gasteiger partial charge in [0.2, 0.25) is 0 Å². The number of anilines is 2. The molecule has 2 amide bonds. The summed E-state index contributed by atoms with van der Waals surface area (Å²) < 4.78 is 18.3. The predicted octanol–water partition coefficient (Wildman–Crippen LogP) is 4.84. The number of nitrogens with one attached hydrogen (secondary N) is 2. The average molecular weight is 435 g/mol. The van der Waals surface area contributed by atoms with Crippen LogP contribution in [-0.4, -0.2) is 24.9 Å². The van der Waals surface area contributed by atoms with Gasteiger partial charge in [0.1, 0.15) is 5.82 Å². The zero-order valence-corrected chi connectivity index (χ0v) is 17.9. The number of hydrogen-bond donors (Lipinski definition) is 2. The van der Waals surface area contributed by atoms with Gasteiger partial charge < -0.3 is 20.0 Å². The standard InChI is InChI=1S/C25H26FN3O3/c1-17-10-12-29(13-11-17)22-9-8-20(28-25(31)23-3-2-14-32-23)15-21(22)24(30)27-16-18-4-6-19(26)7-5-18/h2-9,14-15,17H,10-13,16H2,1H3,(H,27,30)(H,28,31). The molecule has 0 saturated carbocycles. The second-order valence-electron chi connectivity index (χ2n) is 8.14. The second kappa shape index (κ2) is 9.68. The summed E-state index contributed by atoms with van der Waals surface area (Å²) in [5.41, 5.74) is 2.63. The van der Waals surface area contributed by atoms with Crippen molar-refractivity contribution in [3.05, 3.63) is 83.6 Å². The van der Waals surface area contributed by atoms with E-state index in [1.165, 1.54) is 18.4 Å². The summed E-state index contributed by atoms with van der Waals surface area (Å²) in [4.78, 5) is 27.7. The number of rotatable bonds is 6. The Labute approximate surface area is 186 Å². The molecule has 1 fully saturated rings. The Kier molecular flexibility index (Phi) is 6.54. The van der Waals surface area contributed by atoms with Gasteiger partial charge in [-0.2, -0.15) is 0 Å². The summed E-state index contributed by atoms with van der Waals surface area (Å²) in [5, 5.41) is 5.70. The lowest BCUT2D eigenvalue weighted by molar-refractivity contribution is 0.0949. The lowest BCUT2D eigenvalue weighted by atomic mass is 9.97. The van der Waals surface area contributed by atoms with Crippen molar-refractivity contribution in [3.8, 4) is 0 Å². The third-order valence-corrected chi connectivity index (χ3v) is 5.73. The van der Waals surface area contributed by atoms with Gasteiger partial charge in [0.15, 0.2) is 5.76 Å². The number of hydrogen-bond acceptors (Lipinski definition) is 4. The third-order valence-electron chi connectivity index (χ3n) is 5.73. The van der Waals surface area contributed by atoms with Crippen LogP contribution in [0.4, 0.5) is 15.8 Å². The van der Waals surface area contributed by atoms with Crippen LogP contribution in [0.3, 0.4) is 0 Å². The van der Waals surface area contributed by atoms with E-state index in [-0.39, 0.29) is 29.9 Å². The predicted molar refractivity (Wildman–Crippen MR) is 121 cm³/mol. The van der Waals surface area contributed by atoms with Gasteiger partial charge in [-0.3, -0.25) is 9.59 Å². The molecule has 7 heteroatoms. The van der Waals surface area contributed by atoms with Crippen LogP contribution >= 0.6 is 0 Å². The molecular formula is C25H26FN3O3. The number of carbonyl (C=O) groups is 2. The summed E-state index contributed by atoms with van der Waals surface area (Å²) in [5.74, 6) is -0.0961. The van der Waals surface area contributed by atoms with Crippen LogP contribution in [0.5, 0.6) is 0 Å². The largest absolute Gasteiger partial charge is 0.459 e. The topological polar surface area (TPSA) is 74.6 Å². The fraction of sp³-hybridized carbons (Fsp3) is 0.280. The number of halogens is 1. The molecule has 0 spiro atoms. The highest BCUT2D eigenvalue weighted by Gasteiger charge is 2.22. The fourth-order valence-corrected chi connectivity index (χ4v) is 3.80. The van der Waals surface area contributed by atoms with E-state index in [1.807, 2.05) is 6.07 Å². The van der Waals surface area contributed by atoms with E-state index in [9.17, 15) is 14.0 Å². The molecule has 3 aromatic rings. The molecule has 6 nitrogen and oxygen atoms in total. The lowest BCUT2D eigenvalue weighted by Gasteiger charge is -2.33. The molecule has 4 rings (SSSR count). The van der Waals surface area contributed by atoms with Crippen LogP contribution in [0, 0.1) is 11.7 Å². The number of benzene rings is 2. The first-order valence-electron chi connectivity index (χ1n) is 10.8. The Morgan fingerprint density at radius 1 is 1.06 bits per heavy atom. The molecule has 166 valence electrons. The van der Waals surface area contributed by atoms with Crippen molar-refractivity contribution >= 4 is 23.2 Å². The number of piperidine rings is 1. The van der Waals surface area contributed by atoms with Gasteiger partial charge in [-0.15, -0.1) is 0 Å². The first-order valence-corrected chi connectivity index (χ1v) is 10.8. The van der Waals surface area contributed by atoms with E-state index < -0.39 is 0 Å². The van der Waals surface area contributed by atoms with Gasteiger partial charge >= 0.3 is 0 Å². The molecule has 1 saturated heterocycles. The Bertz CT molecular complexity index is 1070. The summed E-state index contributed by atoms with van der Waals surface area (Å²) in [6.45, 7) is 4.26. The molecule has 0 bridgehead atoms. The quantitative estimate of drug-likeness (QED) is 0.581. The highest BCUT2D eigenvalue weighted by Crippen LogP contribution is 2.29. The molecule has 0 radical (unpaired) electrons. The molecule has 2 N–H and O–H groups in total. The highest BCUT2D eigenvalue weighted by atomic mass is 19.1. The summed E-state index contributed by atoms with van der Waals surface area (Å²) in [6, 6.07) is 14.6. The fourth-order valence-electron chi connectivity index (χ4n) is 3.80. The lowest BCUT2D eigenvalue weighted by Crippen LogP contribution is -2.35. The number of furan rings is 1. The molecule has 0 aliphatic carbocycles. The maximum Gasteiger partial charge on any atom is 0.291 e. The van der Waals surface area contributed by atoms with Gasteiger partial charge in [0.25, 0.3) is 11.8 Å². The molecule has 0 unspecified atom stereocenters. The van der Waals surface area contributed by atoms with Crippen molar-refractivity contribution in [1.29, 1.82) is 0 Å². The van der Waals surface area contributed by atoms with Gasteiger partial charge in [-0.25, -0.2) is 4.39 Å². The minimum atomic E-state index is -0.382. The molecule has 32 heavy (non-hydrogen) atoms. The average Bonchev–Trinajstić information content (AvgIpc) is 3.34. The molecule has 1 aromatic heterocycles. The number of carbonyl (C=O) groups excluding carboxylic acids is 2. The zero-order valence-electron chi connectivity index (χ0n) is 17.9. The maximum atomic E-state index is 13.2. The van der Waals surface area contributed by atoms with Crippen LogP contribution in [-0.2, 0) is 6.54 Å². The minimum Gasteiger partial charge on any atom is -0.459 e. The summed E-state index contributed by atoms with van der Waals surface area (Å²) in [7, 11) is 0. The highest BCUT2D eigenvalue weighted by molar-refractivity contribution is 6.05. The van der Waals surface area contributed by atoms with Crippen molar-refractivity contribution in [2.45, 2.75) is 26.3 Å². The van der Waals surface area contributed by atoms with E-state index in [2.05, 4.69) is 22.5 Å². The van der Waals surface area contributed by atoms with Gasteiger partial charge in [-0.05, 0) is 66.8 Å². The monoisotopic (exact) mass is 435 g/mol. The van der Waals surface area contributed by atoms with Gasteiger partial charge in [-0.1, -0.05) is 19.1 Å².